The van der Waals surface area contributed by atoms with Gasteiger partial charge in [-0.05, 0) is 19.3 Å². The van der Waals surface area contributed by atoms with Crippen molar-refractivity contribution in [2.75, 3.05) is 7.05 Å². The Hall–Kier alpha value is -1.43. The van der Waals surface area contributed by atoms with Crippen LogP contribution in [0.5, 0.6) is 0 Å². The van der Waals surface area contributed by atoms with Crippen LogP contribution in [-0.2, 0) is 17.9 Å². The van der Waals surface area contributed by atoms with E-state index in [-0.39, 0.29) is 5.91 Å². The van der Waals surface area contributed by atoms with E-state index >= 15 is 0 Å². The van der Waals surface area contributed by atoms with E-state index in [0.29, 0.717) is 12.5 Å². The van der Waals surface area contributed by atoms with Gasteiger partial charge in [-0.1, -0.05) is 5.21 Å². The maximum Gasteiger partial charge on any atom is 0.219 e. The van der Waals surface area contributed by atoms with Gasteiger partial charge >= 0.3 is 0 Å². The number of rotatable bonds is 7. The van der Waals surface area contributed by atoms with E-state index in [1.54, 1.807) is 11.7 Å². The number of nitrogens with zero attached hydrogens (tertiary/aromatic N) is 3. The van der Waals surface area contributed by atoms with Crippen LogP contribution in [0.15, 0.2) is 6.20 Å². The van der Waals surface area contributed by atoms with E-state index in [1.165, 1.54) is 12.8 Å². The zero-order valence-corrected chi connectivity index (χ0v) is 10.1. The molecule has 17 heavy (non-hydrogen) atoms. The largest absolute Gasteiger partial charge is 0.359 e. The van der Waals surface area contributed by atoms with Crippen molar-refractivity contribution in [2.45, 2.75) is 44.8 Å². The topological polar surface area (TPSA) is 71.8 Å². The standard InChI is InChI=1S/C11H19N5O/c1-12-11(17)3-2-6-16-8-10(14-15-16)7-13-9-4-5-9/h8-9,13H,2-7H2,1H3,(H,12,17). The average Bonchev–Trinajstić information content (AvgIpc) is 3.06. The van der Waals surface area contributed by atoms with E-state index in [4.69, 9.17) is 0 Å². The molecule has 0 atom stereocenters. The fourth-order valence-electron chi connectivity index (χ4n) is 1.59. The number of carbonyl (C=O) groups excluding carboxylic acids is 1. The summed E-state index contributed by atoms with van der Waals surface area (Å²) in [6, 6.07) is 0.688. The van der Waals surface area contributed by atoms with Gasteiger partial charge in [0.15, 0.2) is 0 Å². The van der Waals surface area contributed by atoms with Gasteiger partial charge in [-0.2, -0.15) is 0 Å². The minimum atomic E-state index is 0.0701. The SMILES string of the molecule is CNC(=O)CCCn1cc(CNC2CC2)nn1. The first-order chi connectivity index (χ1) is 8.28. The summed E-state index contributed by atoms with van der Waals surface area (Å²) < 4.78 is 1.80. The number of hydrogen-bond donors (Lipinski definition) is 2. The lowest BCUT2D eigenvalue weighted by Gasteiger charge is -2.00. The maximum absolute atomic E-state index is 11.0. The van der Waals surface area contributed by atoms with Gasteiger partial charge in [0.2, 0.25) is 5.91 Å². The molecule has 0 bridgehead atoms. The van der Waals surface area contributed by atoms with E-state index in [0.717, 1.165) is 25.2 Å². The molecule has 94 valence electrons. The van der Waals surface area contributed by atoms with Crippen LogP contribution in [0, 0.1) is 0 Å². The molecule has 0 unspecified atom stereocenters. The summed E-state index contributed by atoms with van der Waals surface area (Å²) in [5.41, 5.74) is 0.969. The third-order valence-electron chi connectivity index (χ3n) is 2.81. The molecule has 1 fully saturated rings. The molecule has 0 aliphatic heterocycles. The number of amides is 1. The second kappa shape index (κ2) is 5.77. The Bertz CT molecular complexity index is 372. The summed E-state index contributed by atoms with van der Waals surface area (Å²) >= 11 is 0. The van der Waals surface area contributed by atoms with Crippen molar-refractivity contribution in [2.24, 2.45) is 0 Å². The summed E-state index contributed by atoms with van der Waals surface area (Å²) in [4.78, 5) is 11.0. The molecule has 1 aromatic heterocycles. The molecule has 1 heterocycles. The lowest BCUT2D eigenvalue weighted by Crippen LogP contribution is -2.17. The average molecular weight is 237 g/mol. The van der Waals surface area contributed by atoms with E-state index in [2.05, 4.69) is 20.9 Å². The summed E-state index contributed by atoms with van der Waals surface area (Å²) in [6.07, 6.45) is 5.82. The van der Waals surface area contributed by atoms with Gasteiger partial charge in [0.25, 0.3) is 0 Å². The molecule has 1 saturated carbocycles. The number of nitrogens with one attached hydrogen (secondary N) is 2. The van der Waals surface area contributed by atoms with Crippen LogP contribution in [-0.4, -0.2) is 34.0 Å². The molecule has 1 aromatic rings. The number of hydrogen-bond acceptors (Lipinski definition) is 4. The minimum absolute atomic E-state index is 0.0701. The van der Waals surface area contributed by atoms with Crippen molar-refractivity contribution >= 4 is 5.91 Å². The fourth-order valence-corrected chi connectivity index (χ4v) is 1.59. The Kier molecular flexibility index (Phi) is 4.08. The molecule has 2 N–H and O–H groups in total. The van der Waals surface area contributed by atoms with Gasteiger partial charge in [0.05, 0.1) is 5.69 Å². The zero-order chi connectivity index (χ0) is 12.1. The number of carbonyl (C=O) groups is 1. The predicted octanol–water partition coefficient (Wildman–Crippen LogP) is 0.0563. The summed E-state index contributed by atoms with van der Waals surface area (Å²) in [6.45, 7) is 1.53. The Morgan fingerprint density at radius 3 is 3.12 bits per heavy atom. The lowest BCUT2D eigenvalue weighted by atomic mass is 10.3. The van der Waals surface area contributed by atoms with Crippen molar-refractivity contribution in [1.82, 2.24) is 25.6 Å². The van der Waals surface area contributed by atoms with E-state index < -0.39 is 0 Å². The smallest absolute Gasteiger partial charge is 0.219 e. The van der Waals surface area contributed by atoms with Gasteiger partial charge in [-0.25, -0.2) is 0 Å². The third kappa shape index (κ3) is 4.14. The van der Waals surface area contributed by atoms with Gasteiger partial charge in [-0.15, -0.1) is 5.10 Å². The van der Waals surface area contributed by atoms with Gasteiger partial charge in [0, 0.05) is 38.8 Å². The number of aromatic nitrogens is 3. The van der Waals surface area contributed by atoms with Crippen LogP contribution in [0.25, 0.3) is 0 Å². The molecule has 0 spiro atoms. The molecule has 1 amide bonds. The second-order valence-electron chi connectivity index (χ2n) is 4.40. The highest BCUT2D eigenvalue weighted by Gasteiger charge is 2.20. The summed E-state index contributed by atoms with van der Waals surface area (Å²) in [7, 11) is 1.65. The molecule has 6 heteroatoms. The molecule has 1 aliphatic rings. The minimum Gasteiger partial charge on any atom is -0.359 e. The van der Waals surface area contributed by atoms with Crippen LogP contribution in [0.2, 0.25) is 0 Å². The quantitative estimate of drug-likeness (QED) is 0.703. The molecule has 6 nitrogen and oxygen atoms in total. The van der Waals surface area contributed by atoms with Crippen LogP contribution in [0.4, 0.5) is 0 Å². The van der Waals surface area contributed by atoms with Crippen LogP contribution in [0.3, 0.4) is 0 Å². The van der Waals surface area contributed by atoms with E-state index in [1.807, 2.05) is 6.20 Å². The normalized spacial score (nSPS) is 14.9. The predicted molar refractivity (Wildman–Crippen MR) is 63.2 cm³/mol. The first-order valence-corrected chi connectivity index (χ1v) is 6.11. The van der Waals surface area contributed by atoms with E-state index in [9.17, 15) is 4.79 Å². The molecular weight excluding hydrogens is 218 g/mol. The Morgan fingerprint density at radius 1 is 1.59 bits per heavy atom. The monoisotopic (exact) mass is 237 g/mol. The Balaban J connectivity index is 1.67. The number of aryl methyl sites for hydroxylation is 1. The highest BCUT2D eigenvalue weighted by Crippen LogP contribution is 2.18. The van der Waals surface area contributed by atoms with Gasteiger partial charge in [-0.3, -0.25) is 9.48 Å². The van der Waals surface area contributed by atoms with Gasteiger partial charge < -0.3 is 10.6 Å². The van der Waals surface area contributed by atoms with Crippen LogP contribution < -0.4 is 10.6 Å². The Morgan fingerprint density at radius 2 is 2.41 bits per heavy atom. The Labute approximate surface area is 101 Å². The molecule has 0 saturated heterocycles. The summed E-state index contributed by atoms with van der Waals surface area (Å²) in [5, 5.41) is 14.1. The second-order valence-corrected chi connectivity index (χ2v) is 4.40. The molecule has 0 radical (unpaired) electrons. The zero-order valence-electron chi connectivity index (χ0n) is 10.1. The highest BCUT2D eigenvalue weighted by molar-refractivity contribution is 5.75. The first-order valence-electron chi connectivity index (χ1n) is 6.11. The molecule has 2 rings (SSSR count). The van der Waals surface area contributed by atoms with Crippen molar-refractivity contribution in [3.8, 4) is 0 Å². The maximum atomic E-state index is 11.0. The molecule has 0 aromatic carbocycles. The molecular formula is C11H19N5O. The van der Waals surface area contributed by atoms with Crippen molar-refractivity contribution in [3.05, 3.63) is 11.9 Å². The fraction of sp³-hybridized carbons (Fsp3) is 0.727. The molecule has 1 aliphatic carbocycles. The summed E-state index contributed by atoms with van der Waals surface area (Å²) in [5.74, 6) is 0.0701. The van der Waals surface area contributed by atoms with Crippen molar-refractivity contribution in [3.63, 3.8) is 0 Å². The first kappa shape index (κ1) is 12.0. The third-order valence-corrected chi connectivity index (χ3v) is 2.81. The van der Waals surface area contributed by atoms with Crippen LogP contribution >= 0.6 is 0 Å². The van der Waals surface area contributed by atoms with Crippen molar-refractivity contribution < 1.29 is 4.79 Å². The van der Waals surface area contributed by atoms with Crippen molar-refractivity contribution in [1.29, 1.82) is 0 Å². The lowest BCUT2D eigenvalue weighted by molar-refractivity contribution is -0.120. The van der Waals surface area contributed by atoms with Gasteiger partial charge in [0.1, 0.15) is 0 Å². The highest BCUT2D eigenvalue weighted by atomic mass is 16.1. The van der Waals surface area contributed by atoms with Crippen LogP contribution in [0.1, 0.15) is 31.4 Å².